The standard InChI is InChI=1S/C14H10N4O2/c15-5-7-1-2-11(16-6-7)18-13-9-3-8(9)4-10(13)12(17-18)14(19)20/h1-2,6,8-9H,3-4H2,(H,19,20)/t8-,9-/m0/s1. The third kappa shape index (κ3) is 1.40. The normalized spacial score (nSPS) is 21.9. The number of rotatable bonds is 2. The van der Waals surface area contributed by atoms with Gasteiger partial charge in [0.05, 0.1) is 11.3 Å². The van der Waals surface area contributed by atoms with Crippen LogP contribution in [0.1, 0.15) is 39.6 Å². The number of carboxylic acids is 1. The molecule has 2 atom stereocenters. The molecule has 0 radical (unpaired) electrons. The van der Waals surface area contributed by atoms with E-state index in [1.807, 2.05) is 6.07 Å². The Morgan fingerprint density at radius 3 is 3.00 bits per heavy atom. The largest absolute Gasteiger partial charge is 0.476 e. The fraction of sp³-hybridized carbons (Fsp3) is 0.286. The fourth-order valence-electron chi connectivity index (χ4n) is 3.04. The van der Waals surface area contributed by atoms with Crippen molar-refractivity contribution < 1.29 is 9.90 Å². The van der Waals surface area contributed by atoms with Crippen LogP contribution in [0.2, 0.25) is 0 Å². The maximum Gasteiger partial charge on any atom is 0.356 e. The molecule has 0 aliphatic heterocycles. The summed E-state index contributed by atoms with van der Waals surface area (Å²) in [7, 11) is 0. The van der Waals surface area contributed by atoms with Gasteiger partial charge in [0.25, 0.3) is 0 Å². The molecule has 0 bridgehead atoms. The Balaban J connectivity index is 1.88. The van der Waals surface area contributed by atoms with Crippen molar-refractivity contribution in [3.8, 4) is 11.9 Å². The minimum Gasteiger partial charge on any atom is -0.476 e. The second-order valence-electron chi connectivity index (χ2n) is 5.25. The molecule has 0 spiro atoms. The van der Waals surface area contributed by atoms with Crippen molar-refractivity contribution in [3.63, 3.8) is 0 Å². The third-order valence-electron chi connectivity index (χ3n) is 4.06. The lowest BCUT2D eigenvalue weighted by Gasteiger charge is -2.04. The lowest BCUT2D eigenvalue weighted by atomic mass is 10.1. The van der Waals surface area contributed by atoms with Gasteiger partial charge in [-0.3, -0.25) is 0 Å². The van der Waals surface area contributed by atoms with Gasteiger partial charge in [0.1, 0.15) is 6.07 Å². The summed E-state index contributed by atoms with van der Waals surface area (Å²) < 4.78 is 1.64. The van der Waals surface area contributed by atoms with E-state index in [4.69, 9.17) is 5.26 Å². The van der Waals surface area contributed by atoms with Gasteiger partial charge in [0, 0.05) is 17.7 Å². The van der Waals surface area contributed by atoms with E-state index < -0.39 is 5.97 Å². The van der Waals surface area contributed by atoms with Crippen LogP contribution in [0.25, 0.3) is 5.82 Å². The number of carbonyl (C=O) groups is 1. The van der Waals surface area contributed by atoms with Gasteiger partial charge in [-0.2, -0.15) is 10.4 Å². The zero-order valence-corrected chi connectivity index (χ0v) is 10.4. The first kappa shape index (κ1) is 11.2. The fourth-order valence-corrected chi connectivity index (χ4v) is 3.04. The number of hydrogen-bond acceptors (Lipinski definition) is 4. The lowest BCUT2D eigenvalue weighted by Crippen LogP contribution is -2.05. The zero-order valence-electron chi connectivity index (χ0n) is 10.4. The number of aromatic carboxylic acids is 1. The number of fused-ring (bicyclic) bond motifs is 3. The van der Waals surface area contributed by atoms with Gasteiger partial charge < -0.3 is 5.11 Å². The average molecular weight is 266 g/mol. The minimum absolute atomic E-state index is 0.137. The van der Waals surface area contributed by atoms with E-state index in [9.17, 15) is 9.90 Å². The van der Waals surface area contributed by atoms with E-state index in [-0.39, 0.29) is 5.69 Å². The third-order valence-corrected chi connectivity index (χ3v) is 4.06. The van der Waals surface area contributed by atoms with Gasteiger partial charge in [-0.05, 0) is 30.9 Å². The molecule has 4 rings (SSSR count). The molecule has 20 heavy (non-hydrogen) atoms. The van der Waals surface area contributed by atoms with Crippen molar-refractivity contribution in [1.29, 1.82) is 5.26 Å². The topological polar surface area (TPSA) is 91.8 Å². The van der Waals surface area contributed by atoms with Crippen molar-refractivity contribution in [2.75, 3.05) is 0 Å². The predicted molar refractivity (Wildman–Crippen MR) is 67.6 cm³/mol. The molecular formula is C14H10N4O2. The van der Waals surface area contributed by atoms with Crippen LogP contribution < -0.4 is 0 Å². The van der Waals surface area contributed by atoms with Crippen molar-refractivity contribution in [3.05, 3.63) is 40.8 Å². The average Bonchev–Trinajstić information content (AvgIpc) is 2.95. The summed E-state index contributed by atoms with van der Waals surface area (Å²) in [5, 5.41) is 22.2. The Labute approximate surface area is 114 Å². The number of nitriles is 1. The molecular weight excluding hydrogens is 256 g/mol. The van der Waals surface area contributed by atoms with E-state index in [0.29, 0.717) is 23.2 Å². The highest BCUT2D eigenvalue weighted by Crippen LogP contribution is 2.57. The summed E-state index contributed by atoms with van der Waals surface area (Å²) >= 11 is 0. The quantitative estimate of drug-likeness (QED) is 0.889. The molecule has 1 fully saturated rings. The zero-order chi connectivity index (χ0) is 13.9. The predicted octanol–water partition coefficient (Wildman–Crippen LogP) is 1.50. The van der Waals surface area contributed by atoms with Crippen molar-refractivity contribution in [1.82, 2.24) is 14.8 Å². The maximum absolute atomic E-state index is 11.3. The summed E-state index contributed by atoms with van der Waals surface area (Å²) in [5.74, 6) is 0.573. The van der Waals surface area contributed by atoms with Crippen LogP contribution in [0, 0.1) is 17.2 Å². The minimum atomic E-state index is -0.991. The number of pyridine rings is 1. The molecule has 2 aromatic rings. The molecule has 6 heteroatoms. The second kappa shape index (κ2) is 3.67. The number of hydrogen-bond donors (Lipinski definition) is 1. The van der Waals surface area contributed by atoms with E-state index in [1.54, 1.807) is 16.8 Å². The number of nitrogens with zero attached hydrogens (tertiary/aromatic N) is 4. The molecule has 2 aliphatic rings. The van der Waals surface area contributed by atoms with Crippen LogP contribution >= 0.6 is 0 Å². The van der Waals surface area contributed by atoms with E-state index in [0.717, 1.165) is 24.1 Å². The van der Waals surface area contributed by atoms with Gasteiger partial charge in [-0.15, -0.1) is 0 Å². The first-order valence-corrected chi connectivity index (χ1v) is 6.40. The lowest BCUT2D eigenvalue weighted by molar-refractivity contribution is 0.0688. The molecule has 0 saturated heterocycles. The summed E-state index contributed by atoms with van der Waals surface area (Å²) in [5.41, 5.74) is 2.45. The molecule has 0 unspecified atom stereocenters. The van der Waals surface area contributed by atoms with Gasteiger partial charge in [0.15, 0.2) is 11.5 Å². The Hall–Kier alpha value is -2.68. The van der Waals surface area contributed by atoms with Crippen molar-refractivity contribution >= 4 is 5.97 Å². The monoisotopic (exact) mass is 266 g/mol. The second-order valence-corrected chi connectivity index (χ2v) is 5.25. The van der Waals surface area contributed by atoms with Crippen LogP contribution in [0.3, 0.4) is 0 Å². The van der Waals surface area contributed by atoms with Crippen LogP contribution in [-0.4, -0.2) is 25.8 Å². The first-order chi connectivity index (χ1) is 9.69. The molecule has 1 N–H and O–H groups in total. The molecule has 1 saturated carbocycles. The number of aromatic nitrogens is 3. The van der Waals surface area contributed by atoms with Crippen molar-refractivity contribution in [2.24, 2.45) is 5.92 Å². The maximum atomic E-state index is 11.3. The molecule has 0 aromatic carbocycles. The van der Waals surface area contributed by atoms with E-state index >= 15 is 0 Å². The van der Waals surface area contributed by atoms with E-state index in [2.05, 4.69) is 10.1 Å². The highest BCUT2D eigenvalue weighted by Gasteiger charge is 2.50. The Morgan fingerprint density at radius 1 is 1.50 bits per heavy atom. The molecule has 98 valence electrons. The van der Waals surface area contributed by atoms with Gasteiger partial charge in [-0.1, -0.05) is 0 Å². The Morgan fingerprint density at radius 2 is 2.35 bits per heavy atom. The van der Waals surface area contributed by atoms with Crippen LogP contribution in [0.15, 0.2) is 18.3 Å². The number of carboxylic acid groups (broad SMARTS) is 1. The van der Waals surface area contributed by atoms with Gasteiger partial charge in [0.2, 0.25) is 0 Å². The Kier molecular flexibility index (Phi) is 2.05. The molecule has 2 aliphatic carbocycles. The Bertz CT molecular complexity index is 770. The molecule has 0 amide bonds. The van der Waals surface area contributed by atoms with Gasteiger partial charge in [-0.25, -0.2) is 14.5 Å². The summed E-state index contributed by atoms with van der Waals surface area (Å²) in [6.07, 6.45) is 3.38. The summed E-state index contributed by atoms with van der Waals surface area (Å²) in [4.78, 5) is 15.5. The molecule has 2 heterocycles. The highest BCUT2D eigenvalue weighted by molar-refractivity contribution is 5.88. The molecule has 6 nitrogen and oxygen atoms in total. The van der Waals surface area contributed by atoms with Crippen LogP contribution in [0.5, 0.6) is 0 Å². The first-order valence-electron chi connectivity index (χ1n) is 6.40. The highest BCUT2D eigenvalue weighted by atomic mass is 16.4. The smallest absolute Gasteiger partial charge is 0.356 e. The summed E-state index contributed by atoms with van der Waals surface area (Å²) in [6.45, 7) is 0. The summed E-state index contributed by atoms with van der Waals surface area (Å²) in [6, 6.07) is 5.38. The van der Waals surface area contributed by atoms with Gasteiger partial charge >= 0.3 is 5.97 Å². The van der Waals surface area contributed by atoms with Crippen LogP contribution in [-0.2, 0) is 6.42 Å². The molecule has 2 aromatic heterocycles. The van der Waals surface area contributed by atoms with Crippen LogP contribution in [0.4, 0.5) is 0 Å². The van der Waals surface area contributed by atoms with Crippen molar-refractivity contribution in [2.45, 2.75) is 18.8 Å². The van der Waals surface area contributed by atoms with E-state index in [1.165, 1.54) is 6.20 Å². The SMILES string of the molecule is N#Cc1ccc(-n2nc(C(=O)O)c3c2[C@H]2C[C@H]2C3)nc1.